The quantitative estimate of drug-likeness (QED) is 0.712. The Morgan fingerprint density at radius 3 is 2.17 bits per heavy atom. The summed E-state index contributed by atoms with van der Waals surface area (Å²) in [5.41, 5.74) is 5.68. The summed E-state index contributed by atoms with van der Waals surface area (Å²) in [5.74, 6) is 0. The van der Waals surface area contributed by atoms with Crippen LogP contribution in [0.25, 0.3) is 0 Å². The maximum atomic E-state index is 5.73. The molecule has 1 aliphatic rings. The van der Waals surface area contributed by atoms with E-state index >= 15 is 0 Å². The van der Waals surface area contributed by atoms with Gasteiger partial charge in [0.05, 0.1) is 17.2 Å². The minimum Gasteiger partial charge on any atom is -0.393 e. The van der Waals surface area contributed by atoms with Crippen molar-refractivity contribution in [3.05, 3.63) is 0 Å². The van der Waals surface area contributed by atoms with Gasteiger partial charge in [0.2, 0.25) is 0 Å². The van der Waals surface area contributed by atoms with Crippen LogP contribution in [0.5, 0.6) is 0 Å². The van der Waals surface area contributed by atoms with Gasteiger partial charge in [-0.2, -0.15) is 0 Å². The second-order valence-corrected chi connectivity index (χ2v) is 6.10. The van der Waals surface area contributed by atoms with Gasteiger partial charge in [-0.3, -0.25) is 4.90 Å². The molecule has 2 N–H and O–H groups in total. The average Bonchev–Trinajstić information content (AvgIpc) is 2.71. The van der Waals surface area contributed by atoms with Gasteiger partial charge in [-0.15, -0.1) is 0 Å². The van der Waals surface area contributed by atoms with Crippen molar-refractivity contribution >= 4 is 17.2 Å². The zero-order chi connectivity index (χ0) is 13.8. The van der Waals surface area contributed by atoms with Gasteiger partial charge in [0.25, 0.3) is 0 Å². The number of nitrogens with zero attached hydrogens (tertiary/aromatic N) is 1. The Morgan fingerprint density at radius 2 is 1.78 bits per heavy atom. The highest BCUT2D eigenvalue weighted by Gasteiger charge is 2.32. The fourth-order valence-electron chi connectivity index (χ4n) is 2.32. The smallest absolute Gasteiger partial charge is 0.0971 e. The molecule has 1 saturated heterocycles. The lowest BCUT2D eigenvalue weighted by molar-refractivity contribution is -0.00461. The monoisotopic (exact) mass is 274 g/mol. The Bertz CT molecular complexity index is 272. The summed E-state index contributed by atoms with van der Waals surface area (Å²) in [5, 5.41) is 0. The highest BCUT2D eigenvalue weighted by atomic mass is 32.1. The van der Waals surface area contributed by atoms with E-state index in [1.165, 1.54) is 0 Å². The van der Waals surface area contributed by atoms with Gasteiger partial charge in [-0.05, 0) is 19.4 Å². The standard InChI is InChI=1S/C13H26N2O2S/c1-13(2,12(14)18)6-5-7-15-8-10(16-3)11(9-15)17-4/h10-11H,5-9H2,1-4H3,(H2,14,18). The van der Waals surface area contributed by atoms with Crippen molar-refractivity contribution in [2.24, 2.45) is 11.1 Å². The van der Waals surface area contributed by atoms with Crippen LogP contribution in [0.1, 0.15) is 26.7 Å². The number of likely N-dealkylation sites (tertiary alicyclic amines) is 1. The Morgan fingerprint density at radius 1 is 1.28 bits per heavy atom. The topological polar surface area (TPSA) is 47.7 Å². The van der Waals surface area contributed by atoms with Gasteiger partial charge in [-0.25, -0.2) is 0 Å². The van der Waals surface area contributed by atoms with E-state index in [9.17, 15) is 0 Å². The van der Waals surface area contributed by atoms with E-state index in [0.29, 0.717) is 4.99 Å². The highest BCUT2D eigenvalue weighted by Crippen LogP contribution is 2.24. The Labute approximate surface area is 116 Å². The van der Waals surface area contributed by atoms with Gasteiger partial charge in [-0.1, -0.05) is 26.1 Å². The van der Waals surface area contributed by atoms with Crippen LogP contribution in [0.2, 0.25) is 0 Å². The van der Waals surface area contributed by atoms with Crippen LogP contribution in [0.4, 0.5) is 0 Å². The lowest BCUT2D eigenvalue weighted by Gasteiger charge is -2.24. The first kappa shape index (κ1) is 15.8. The minimum atomic E-state index is -0.0453. The molecule has 2 unspecified atom stereocenters. The highest BCUT2D eigenvalue weighted by molar-refractivity contribution is 7.80. The molecule has 0 aromatic heterocycles. The van der Waals surface area contributed by atoms with Crippen LogP contribution in [-0.4, -0.2) is 56.0 Å². The number of nitrogens with two attached hydrogens (primary N) is 1. The largest absolute Gasteiger partial charge is 0.393 e. The summed E-state index contributed by atoms with van der Waals surface area (Å²) in [4.78, 5) is 2.99. The van der Waals surface area contributed by atoms with Crippen LogP contribution in [0.15, 0.2) is 0 Å². The number of methoxy groups -OCH3 is 2. The van der Waals surface area contributed by atoms with Crippen LogP contribution in [0.3, 0.4) is 0 Å². The normalized spacial score (nSPS) is 25.6. The van der Waals surface area contributed by atoms with Gasteiger partial charge < -0.3 is 15.2 Å². The maximum absolute atomic E-state index is 5.73. The summed E-state index contributed by atoms with van der Waals surface area (Å²) < 4.78 is 10.8. The fourth-order valence-corrected chi connectivity index (χ4v) is 2.42. The van der Waals surface area contributed by atoms with Crippen molar-refractivity contribution in [2.75, 3.05) is 33.9 Å². The summed E-state index contributed by atoms with van der Waals surface area (Å²) in [6.07, 6.45) is 2.50. The molecule has 1 fully saturated rings. The van der Waals surface area contributed by atoms with E-state index in [1.807, 2.05) is 0 Å². The summed E-state index contributed by atoms with van der Waals surface area (Å²) >= 11 is 5.08. The summed E-state index contributed by atoms with van der Waals surface area (Å²) in [6.45, 7) is 7.15. The van der Waals surface area contributed by atoms with Crippen LogP contribution >= 0.6 is 12.2 Å². The van der Waals surface area contributed by atoms with Gasteiger partial charge in [0.1, 0.15) is 0 Å². The van der Waals surface area contributed by atoms with E-state index in [4.69, 9.17) is 27.4 Å². The Balaban J connectivity index is 2.31. The molecule has 0 aromatic carbocycles. The first-order valence-electron chi connectivity index (χ1n) is 6.48. The number of hydrogen-bond acceptors (Lipinski definition) is 4. The minimum absolute atomic E-state index is 0.0453. The molecule has 0 aliphatic carbocycles. The Hall–Kier alpha value is -0.230. The van der Waals surface area contributed by atoms with Crippen molar-refractivity contribution in [3.8, 4) is 0 Å². The van der Waals surface area contributed by atoms with Crippen LogP contribution < -0.4 is 5.73 Å². The third-order valence-corrected chi connectivity index (χ3v) is 4.39. The van der Waals surface area contributed by atoms with E-state index in [1.54, 1.807) is 14.2 Å². The SMILES string of the molecule is COC1CN(CCCC(C)(C)C(N)=S)CC1OC. The second-order valence-electron chi connectivity index (χ2n) is 5.66. The van der Waals surface area contributed by atoms with Gasteiger partial charge >= 0.3 is 0 Å². The molecular formula is C13H26N2O2S. The van der Waals surface area contributed by atoms with E-state index in [-0.39, 0.29) is 17.6 Å². The summed E-state index contributed by atoms with van der Waals surface area (Å²) in [6, 6.07) is 0. The third-order valence-electron chi connectivity index (χ3n) is 3.84. The molecule has 0 amide bonds. The van der Waals surface area contributed by atoms with Crippen molar-refractivity contribution in [1.29, 1.82) is 0 Å². The molecule has 0 bridgehead atoms. The van der Waals surface area contributed by atoms with Crippen molar-refractivity contribution in [2.45, 2.75) is 38.9 Å². The molecule has 1 rings (SSSR count). The second kappa shape index (κ2) is 6.80. The third kappa shape index (κ3) is 4.16. The molecule has 4 nitrogen and oxygen atoms in total. The van der Waals surface area contributed by atoms with Crippen LogP contribution in [0, 0.1) is 5.41 Å². The zero-order valence-electron chi connectivity index (χ0n) is 11.9. The average molecular weight is 274 g/mol. The molecule has 0 spiro atoms. The molecule has 18 heavy (non-hydrogen) atoms. The summed E-state index contributed by atoms with van der Waals surface area (Å²) in [7, 11) is 3.49. The molecule has 1 heterocycles. The fraction of sp³-hybridized carbons (Fsp3) is 0.923. The van der Waals surface area contributed by atoms with E-state index < -0.39 is 0 Å². The molecular weight excluding hydrogens is 248 g/mol. The maximum Gasteiger partial charge on any atom is 0.0971 e. The van der Waals surface area contributed by atoms with E-state index in [2.05, 4.69) is 18.7 Å². The predicted octanol–water partition coefficient (Wildman–Crippen LogP) is 1.42. The molecule has 0 radical (unpaired) electrons. The predicted molar refractivity (Wildman–Crippen MR) is 77.8 cm³/mol. The molecule has 0 aromatic rings. The number of ether oxygens (including phenoxy) is 2. The lowest BCUT2D eigenvalue weighted by atomic mass is 9.88. The van der Waals surface area contributed by atoms with Gasteiger partial charge in [0.15, 0.2) is 0 Å². The first-order valence-corrected chi connectivity index (χ1v) is 6.89. The van der Waals surface area contributed by atoms with Crippen molar-refractivity contribution in [1.82, 2.24) is 4.90 Å². The molecule has 5 heteroatoms. The van der Waals surface area contributed by atoms with Crippen molar-refractivity contribution in [3.63, 3.8) is 0 Å². The molecule has 0 saturated carbocycles. The zero-order valence-corrected chi connectivity index (χ0v) is 12.8. The molecule has 2 atom stereocenters. The number of rotatable bonds is 7. The Kier molecular flexibility index (Phi) is 5.98. The van der Waals surface area contributed by atoms with E-state index in [0.717, 1.165) is 32.5 Å². The molecule has 1 aliphatic heterocycles. The van der Waals surface area contributed by atoms with Crippen molar-refractivity contribution < 1.29 is 9.47 Å². The lowest BCUT2D eigenvalue weighted by Crippen LogP contribution is -2.31. The van der Waals surface area contributed by atoms with Crippen LogP contribution in [-0.2, 0) is 9.47 Å². The number of thiocarbonyl (C=S) groups is 1. The first-order chi connectivity index (χ1) is 8.40. The van der Waals surface area contributed by atoms with Gasteiger partial charge in [0, 0.05) is 32.7 Å². The molecule has 106 valence electrons. The number of hydrogen-bond donors (Lipinski definition) is 1.